The molecule has 1 aromatic heterocycles. The Labute approximate surface area is 131 Å². The zero-order valence-electron chi connectivity index (χ0n) is 11.6. The molecule has 6 heteroatoms. The Balaban J connectivity index is 1.73. The predicted molar refractivity (Wildman–Crippen MR) is 88.4 cm³/mol. The molecule has 0 fully saturated rings. The van der Waals surface area contributed by atoms with Crippen LogP contribution in [0.2, 0.25) is 0 Å². The van der Waals surface area contributed by atoms with E-state index in [1.165, 1.54) is 0 Å². The Morgan fingerprint density at radius 3 is 2.91 bits per heavy atom. The van der Waals surface area contributed by atoms with Gasteiger partial charge in [0.15, 0.2) is 6.61 Å². The number of hydrogen-bond acceptors (Lipinski definition) is 6. The summed E-state index contributed by atoms with van der Waals surface area (Å²) in [5.74, 6) is 0.624. The van der Waals surface area contributed by atoms with Crippen molar-refractivity contribution in [2.45, 2.75) is 0 Å². The fourth-order valence-electron chi connectivity index (χ4n) is 1.91. The zero-order valence-corrected chi connectivity index (χ0v) is 12.4. The third kappa shape index (κ3) is 3.22. The summed E-state index contributed by atoms with van der Waals surface area (Å²) in [7, 11) is 0. The van der Waals surface area contributed by atoms with Gasteiger partial charge in [-0.1, -0.05) is 35.6 Å². The second kappa shape index (κ2) is 6.70. The lowest BCUT2D eigenvalue weighted by atomic mass is 10.2. The predicted octanol–water partition coefficient (Wildman–Crippen LogP) is 3.64. The van der Waals surface area contributed by atoms with Crippen LogP contribution in [0.4, 0.5) is 5.13 Å². The number of rotatable bonds is 5. The van der Waals surface area contributed by atoms with E-state index in [0.717, 1.165) is 20.9 Å². The van der Waals surface area contributed by atoms with Crippen LogP contribution in [0.15, 0.2) is 53.6 Å². The SMILES string of the molecule is N#CCOc1ccccc1/C=N\Nc1nc2ccccc2s1. The van der Waals surface area contributed by atoms with Gasteiger partial charge >= 0.3 is 0 Å². The van der Waals surface area contributed by atoms with Crippen LogP contribution in [0.3, 0.4) is 0 Å². The molecule has 0 bridgehead atoms. The molecule has 22 heavy (non-hydrogen) atoms. The number of nitrogens with zero attached hydrogens (tertiary/aromatic N) is 3. The van der Waals surface area contributed by atoms with Crippen LogP contribution in [0.1, 0.15) is 5.56 Å². The molecular weight excluding hydrogens is 296 g/mol. The molecule has 0 aliphatic heterocycles. The molecule has 0 aliphatic rings. The number of nitriles is 1. The van der Waals surface area contributed by atoms with Crippen LogP contribution in [0, 0.1) is 11.3 Å². The average molecular weight is 308 g/mol. The summed E-state index contributed by atoms with van der Waals surface area (Å²) >= 11 is 1.54. The van der Waals surface area contributed by atoms with Gasteiger partial charge in [-0.15, -0.1) is 0 Å². The van der Waals surface area contributed by atoms with Gasteiger partial charge in [-0.2, -0.15) is 10.4 Å². The van der Waals surface area contributed by atoms with E-state index in [1.54, 1.807) is 23.6 Å². The number of para-hydroxylation sites is 2. The van der Waals surface area contributed by atoms with Gasteiger partial charge in [0.1, 0.15) is 11.8 Å². The van der Waals surface area contributed by atoms with Crippen molar-refractivity contribution in [3.05, 3.63) is 54.1 Å². The molecule has 0 spiro atoms. The van der Waals surface area contributed by atoms with Crippen LogP contribution in [0.25, 0.3) is 10.2 Å². The summed E-state index contributed by atoms with van der Waals surface area (Å²) in [4.78, 5) is 4.44. The van der Waals surface area contributed by atoms with E-state index in [1.807, 2.05) is 48.5 Å². The number of anilines is 1. The molecule has 0 atom stereocenters. The third-order valence-corrected chi connectivity index (χ3v) is 3.81. The van der Waals surface area contributed by atoms with E-state index in [-0.39, 0.29) is 6.61 Å². The minimum absolute atomic E-state index is 0.0101. The zero-order chi connectivity index (χ0) is 15.2. The molecule has 0 saturated heterocycles. The Morgan fingerprint density at radius 1 is 1.23 bits per heavy atom. The first kappa shape index (κ1) is 14.0. The molecule has 108 valence electrons. The highest BCUT2D eigenvalue weighted by Gasteiger charge is 2.02. The molecule has 1 N–H and O–H groups in total. The van der Waals surface area contributed by atoms with E-state index in [9.17, 15) is 0 Å². The Kier molecular flexibility index (Phi) is 4.27. The van der Waals surface area contributed by atoms with Crippen LogP contribution in [0.5, 0.6) is 5.75 Å². The van der Waals surface area contributed by atoms with Crippen LogP contribution in [-0.4, -0.2) is 17.8 Å². The first-order chi connectivity index (χ1) is 10.9. The van der Waals surface area contributed by atoms with Crippen LogP contribution < -0.4 is 10.2 Å². The van der Waals surface area contributed by atoms with Crippen molar-refractivity contribution in [3.8, 4) is 11.8 Å². The lowest BCUT2D eigenvalue weighted by Gasteiger charge is -2.04. The molecule has 3 aromatic rings. The number of benzene rings is 2. The van der Waals surface area contributed by atoms with Crippen molar-refractivity contribution in [2.24, 2.45) is 5.10 Å². The average Bonchev–Trinajstić information content (AvgIpc) is 2.96. The Bertz CT molecular complexity index is 817. The van der Waals surface area contributed by atoms with Crippen molar-refractivity contribution in [3.63, 3.8) is 0 Å². The molecule has 0 radical (unpaired) electrons. The fraction of sp³-hybridized carbons (Fsp3) is 0.0625. The summed E-state index contributed by atoms with van der Waals surface area (Å²) in [6.45, 7) is 0.0101. The normalized spacial score (nSPS) is 10.7. The highest BCUT2D eigenvalue weighted by molar-refractivity contribution is 7.22. The first-order valence-corrected chi connectivity index (χ1v) is 7.42. The van der Waals surface area contributed by atoms with Crippen molar-refractivity contribution in [1.82, 2.24) is 4.98 Å². The number of hydrogen-bond donors (Lipinski definition) is 1. The second-order valence-electron chi connectivity index (χ2n) is 4.34. The Hall–Kier alpha value is -2.91. The molecule has 3 rings (SSSR count). The van der Waals surface area contributed by atoms with E-state index in [2.05, 4.69) is 15.5 Å². The summed E-state index contributed by atoms with van der Waals surface area (Å²) in [5, 5.41) is 13.5. The van der Waals surface area contributed by atoms with Crippen molar-refractivity contribution in [1.29, 1.82) is 5.26 Å². The number of nitrogens with one attached hydrogen (secondary N) is 1. The van der Waals surface area contributed by atoms with Gasteiger partial charge in [-0.25, -0.2) is 4.98 Å². The molecule has 0 unspecified atom stereocenters. The fourth-order valence-corrected chi connectivity index (χ4v) is 2.72. The quantitative estimate of drug-likeness (QED) is 0.577. The van der Waals surface area contributed by atoms with Crippen LogP contribution >= 0.6 is 11.3 Å². The maximum atomic E-state index is 8.58. The number of hydrazone groups is 1. The van der Waals surface area contributed by atoms with Gasteiger partial charge in [0.25, 0.3) is 0 Å². The third-order valence-electron chi connectivity index (χ3n) is 2.87. The molecular formula is C16H12N4OS. The second-order valence-corrected chi connectivity index (χ2v) is 5.37. The van der Waals surface area contributed by atoms with Crippen LogP contribution in [-0.2, 0) is 0 Å². The summed E-state index contributed by atoms with van der Waals surface area (Å²) in [6.07, 6.45) is 1.65. The van der Waals surface area contributed by atoms with Gasteiger partial charge < -0.3 is 4.74 Å². The summed E-state index contributed by atoms with van der Waals surface area (Å²) in [6, 6.07) is 17.3. The standard InChI is InChI=1S/C16H12N4OS/c17-9-10-21-14-7-3-1-5-12(14)11-18-20-16-19-13-6-2-4-8-15(13)22-16/h1-8,11H,10H2,(H,19,20)/b18-11-. The van der Waals surface area contributed by atoms with E-state index < -0.39 is 0 Å². The maximum Gasteiger partial charge on any atom is 0.204 e. The summed E-state index contributed by atoms with van der Waals surface area (Å²) < 4.78 is 6.45. The van der Waals surface area contributed by atoms with E-state index in [0.29, 0.717) is 5.75 Å². The topological polar surface area (TPSA) is 70.3 Å². The van der Waals surface area contributed by atoms with Gasteiger partial charge in [0, 0.05) is 5.56 Å². The molecule has 5 nitrogen and oxygen atoms in total. The highest BCUT2D eigenvalue weighted by atomic mass is 32.1. The van der Waals surface area contributed by atoms with E-state index >= 15 is 0 Å². The number of ether oxygens (including phenoxy) is 1. The van der Waals surface area contributed by atoms with Crippen molar-refractivity contribution < 1.29 is 4.74 Å². The van der Waals surface area contributed by atoms with Crippen molar-refractivity contribution >= 4 is 32.9 Å². The van der Waals surface area contributed by atoms with Gasteiger partial charge in [-0.3, -0.25) is 5.43 Å². The minimum Gasteiger partial charge on any atom is -0.478 e. The molecule has 0 saturated carbocycles. The molecule has 2 aromatic carbocycles. The van der Waals surface area contributed by atoms with Crippen molar-refractivity contribution in [2.75, 3.05) is 12.0 Å². The lowest BCUT2D eigenvalue weighted by molar-refractivity contribution is 0.367. The van der Waals surface area contributed by atoms with E-state index in [4.69, 9.17) is 10.00 Å². The molecule has 0 amide bonds. The first-order valence-electron chi connectivity index (χ1n) is 6.60. The number of aromatic nitrogens is 1. The monoisotopic (exact) mass is 308 g/mol. The highest BCUT2D eigenvalue weighted by Crippen LogP contribution is 2.25. The lowest BCUT2D eigenvalue weighted by Crippen LogP contribution is -1.98. The largest absolute Gasteiger partial charge is 0.478 e. The number of thiazole rings is 1. The molecule has 0 aliphatic carbocycles. The molecule has 1 heterocycles. The minimum atomic E-state index is 0.0101. The van der Waals surface area contributed by atoms with Gasteiger partial charge in [-0.05, 0) is 24.3 Å². The maximum absolute atomic E-state index is 8.58. The van der Waals surface area contributed by atoms with Gasteiger partial charge in [0.2, 0.25) is 5.13 Å². The smallest absolute Gasteiger partial charge is 0.204 e. The number of fused-ring (bicyclic) bond motifs is 1. The van der Waals surface area contributed by atoms with Gasteiger partial charge in [0.05, 0.1) is 16.4 Å². The Morgan fingerprint density at radius 2 is 2.05 bits per heavy atom. The summed E-state index contributed by atoms with van der Waals surface area (Å²) in [5.41, 5.74) is 4.67.